The SMILES string of the molecule is C[NH+]1CCN(c2ccc(NC(=O)C(C)(C)C)cc2)CC1. The van der Waals surface area contributed by atoms with Gasteiger partial charge in [0.1, 0.15) is 0 Å². The van der Waals surface area contributed by atoms with Gasteiger partial charge in [-0.1, -0.05) is 20.8 Å². The van der Waals surface area contributed by atoms with Gasteiger partial charge in [0.05, 0.1) is 33.2 Å². The number of rotatable bonds is 2. The lowest BCUT2D eigenvalue weighted by atomic mass is 9.95. The molecule has 0 unspecified atom stereocenters. The molecule has 0 atom stereocenters. The van der Waals surface area contributed by atoms with Gasteiger partial charge >= 0.3 is 0 Å². The highest BCUT2D eigenvalue weighted by molar-refractivity contribution is 5.94. The molecule has 1 aliphatic heterocycles. The molecule has 2 rings (SSSR count). The molecule has 1 heterocycles. The van der Waals surface area contributed by atoms with Gasteiger partial charge in [0.2, 0.25) is 5.91 Å². The van der Waals surface area contributed by atoms with Crippen molar-refractivity contribution in [2.45, 2.75) is 20.8 Å². The Morgan fingerprint density at radius 1 is 1.15 bits per heavy atom. The van der Waals surface area contributed by atoms with Gasteiger partial charge in [0.15, 0.2) is 0 Å². The van der Waals surface area contributed by atoms with Crippen LogP contribution in [0.2, 0.25) is 0 Å². The summed E-state index contributed by atoms with van der Waals surface area (Å²) in [5.74, 6) is 0.0495. The minimum absolute atomic E-state index is 0.0495. The average Bonchev–Trinajstić information content (AvgIpc) is 2.39. The summed E-state index contributed by atoms with van der Waals surface area (Å²) in [6, 6.07) is 8.17. The number of piperazine rings is 1. The van der Waals surface area contributed by atoms with Crippen molar-refractivity contribution >= 4 is 17.3 Å². The second-order valence-electron chi connectivity index (χ2n) is 6.70. The monoisotopic (exact) mass is 276 g/mol. The van der Waals surface area contributed by atoms with Gasteiger partial charge in [-0.2, -0.15) is 0 Å². The molecule has 110 valence electrons. The number of nitrogens with zero attached hydrogens (tertiary/aromatic N) is 1. The number of nitrogens with one attached hydrogen (secondary N) is 2. The highest BCUT2D eigenvalue weighted by Gasteiger charge is 2.21. The summed E-state index contributed by atoms with van der Waals surface area (Å²) in [5, 5.41) is 2.96. The van der Waals surface area contributed by atoms with Crippen LogP contribution in [0.4, 0.5) is 11.4 Å². The standard InChI is InChI=1S/C16H25N3O/c1-16(2,3)15(20)17-13-5-7-14(8-6-13)19-11-9-18(4)10-12-19/h5-8H,9-12H2,1-4H3,(H,17,20)/p+1. The van der Waals surface area contributed by atoms with E-state index in [1.165, 1.54) is 18.8 Å². The van der Waals surface area contributed by atoms with E-state index in [-0.39, 0.29) is 11.3 Å². The zero-order chi connectivity index (χ0) is 14.8. The van der Waals surface area contributed by atoms with E-state index in [2.05, 4.69) is 29.4 Å². The molecule has 0 radical (unpaired) electrons. The highest BCUT2D eigenvalue weighted by Crippen LogP contribution is 2.20. The van der Waals surface area contributed by atoms with E-state index in [0.29, 0.717) is 0 Å². The number of hydrogen-bond acceptors (Lipinski definition) is 2. The fourth-order valence-electron chi connectivity index (χ4n) is 2.22. The molecule has 1 aliphatic rings. The van der Waals surface area contributed by atoms with Crippen molar-refractivity contribution in [3.05, 3.63) is 24.3 Å². The molecule has 1 saturated heterocycles. The quantitative estimate of drug-likeness (QED) is 0.846. The Morgan fingerprint density at radius 3 is 2.20 bits per heavy atom. The van der Waals surface area contributed by atoms with E-state index in [4.69, 9.17) is 0 Å². The molecule has 0 aliphatic carbocycles. The van der Waals surface area contributed by atoms with E-state index in [9.17, 15) is 4.79 Å². The Balaban J connectivity index is 1.98. The summed E-state index contributed by atoms with van der Waals surface area (Å²) < 4.78 is 0. The van der Waals surface area contributed by atoms with Crippen LogP contribution < -0.4 is 15.1 Å². The Bertz CT molecular complexity index is 454. The predicted molar refractivity (Wildman–Crippen MR) is 83.4 cm³/mol. The summed E-state index contributed by atoms with van der Waals surface area (Å²) in [5.41, 5.74) is 1.75. The molecular formula is C16H26N3O+. The van der Waals surface area contributed by atoms with Crippen LogP contribution in [0.5, 0.6) is 0 Å². The average molecular weight is 276 g/mol. The summed E-state index contributed by atoms with van der Waals surface area (Å²) in [4.78, 5) is 15.9. The molecule has 20 heavy (non-hydrogen) atoms. The Labute approximate surface area is 121 Å². The second kappa shape index (κ2) is 5.83. The lowest BCUT2D eigenvalue weighted by Crippen LogP contribution is -3.12. The summed E-state index contributed by atoms with van der Waals surface area (Å²) in [6.45, 7) is 10.3. The van der Waals surface area contributed by atoms with Gasteiger partial charge in [-0.05, 0) is 24.3 Å². The van der Waals surface area contributed by atoms with Crippen LogP contribution in [0, 0.1) is 5.41 Å². The second-order valence-corrected chi connectivity index (χ2v) is 6.70. The van der Waals surface area contributed by atoms with Gasteiger partial charge in [-0.15, -0.1) is 0 Å². The number of hydrogen-bond donors (Lipinski definition) is 2. The van der Waals surface area contributed by atoms with E-state index in [1.54, 1.807) is 4.90 Å². The first kappa shape index (κ1) is 14.9. The van der Waals surface area contributed by atoms with Crippen molar-refractivity contribution in [2.24, 2.45) is 5.41 Å². The first-order valence-electron chi connectivity index (χ1n) is 7.34. The molecule has 4 nitrogen and oxygen atoms in total. The molecule has 1 aromatic rings. The van der Waals surface area contributed by atoms with Crippen molar-refractivity contribution in [3.8, 4) is 0 Å². The fraction of sp³-hybridized carbons (Fsp3) is 0.562. The van der Waals surface area contributed by atoms with Crippen LogP contribution in [-0.4, -0.2) is 39.1 Å². The van der Waals surface area contributed by atoms with E-state index >= 15 is 0 Å². The van der Waals surface area contributed by atoms with Crippen LogP contribution in [0.1, 0.15) is 20.8 Å². The van der Waals surface area contributed by atoms with Crippen molar-refractivity contribution in [3.63, 3.8) is 0 Å². The summed E-state index contributed by atoms with van der Waals surface area (Å²) >= 11 is 0. The number of carbonyl (C=O) groups excluding carboxylic acids is 1. The molecule has 4 heteroatoms. The molecule has 1 amide bonds. The molecule has 1 fully saturated rings. The van der Waals surface area contributed by atoms with E-state index in [1.807, 2.05) is 32.9 Å². The van der Waals surface area contributed by atoms with Gasteiger partial charge in [-0.25, -0.2) is 0 Å². The number of carbonyl (C=O) groups is 1. The third-order valence-corrected chi connectivity index (χ3v) is 3.79. The van der Waals surface area contributed by atoms with Gasteiger partial charge in [0, 0.05) is 16.8 Å². The minimum atomic E-state index is -0.362. The van der Waals surface area contributed by atoms with Crippen molar-refractivity contribution in [2.75, 3.05) is 43.4 Å². The van der Waals surface area contributed by atoms with Gasteiger partial charge < -0.3 is 15.1 Å². The minimum Gasteiger partial charge on any atom is -0.360 e. The zero-order valence-corrected chi connectivity index (χ0v) is 13.0. The molecule has 1 aromatic carbocycles. The number of quaternary nitrogens is 1. The smallest absolute Gasteiger partial charge is 0.229 e. The van der Waals surface area contributed by atoms with Gasteiger partial charge in [-0.3, -0.25) is 4.79 Å². The van der Waals surface area contributed by atoms with Crippen molar-refractivity contribution < 1.29 is 9.69 Å². The van der Waals surface area contributed by atoms with Crippen LogP contribution in [0.25, 0.3) is 0 Å². The van der Waals surface area contributed by atoms with E-state index in [0.717, 1.165) is 18.8 Å². The molecule has 0 aromatic heterocycles. The van der Waals surface area contributed by atoms with Crippen molar-refractivity contribution in [1.82, 2.24) is 0 Å². The number of anilines is 2. The Kier molecular flexibility index (Phi) is 4.33. The zero-order valence-electron chi connectivity index (χ0n) is 13.0. The van der Waals surface area contributed by atoms with Crippen LogP contribution in [0.15, 0.2) is 24.3 Å². The van der Waals surface area contributed by atoms with Crippen LogP contribution in [-0.2, 0) is 4.79 Å². The number of benzene rings is 1. The molecule has 0 bridgehead atoms. The lowest BCUT2D eigenvalue weighted by Gasteiger charge is -2.31. The molecule has 2 N–H and O–H groups in total. The maximum Gasteiger partial charge on any atom is 0.229 e. The lowest BCUT2D eigenvalue weighted by molar-refractivity contribution is -0.880. The third-order valence-electron chi connectivity index (χ3n) is 3.79. The van der Waals surface area contributed by atoms with Crippen molar-refractivity contribution in [1.29, 1.82) is 0 Å². The van der Waals surface area contributed by atoms with Crippen LogP contribution >= 0.6 is 0 Å². The van der Waals surface area contributed by atoms with E-state index < -0.39 is 0 Å². The Morgan fingerprint density at radius 2 is 1.70 bits per heavy atom. The third kappa shape index (κ3) is 3.73. The maximum atomic E-state index is 11.9. The molecule has 0 saturated carbocycles. The first-order chi connectivity index (χ1) is 9.36. The topological polar surface area (TPSA) is 36.8 Å². The normalized spacial score (nSPS) is 17.1. The molecule has 0 spiro atoms. The number of likely N-dealkylation sites (N-methyl/N-ethyl adjacent to an activating group) is 1. The summed E-state index contributed by atoms with van der Waals surface area (Å²) in [7, 11) is 2.24. The first-order valence-corrected chi connectivity index (χ1v) is 7.34. The Hall–Kier alpha value is -1.55. The fourth-order valence-corrected chi connectivity index (χ4v) is 2.22. The highest BCUT2D eigenvalue weighted by atomic mass is 16.2. The molecular weight excluding hydrogens is 250 g/mol. The summed E-state index contributed by atoms with van der Waals surface area (Å²) in [6.07, 6.45) is 0. The predicted octanol–water partition coefficient (Wildman–Crippen LogP) is 1.01. The largest absolute Gasteiger partial charge is 0.360 e. The number of amides is 1. The van der Waals surface area contributed by atoms with Gasteiger partial charge in [0.25, 0.3) is 0 Å². The van der Waals surface area contributed by atoms with Crippen LogP contribution in [0.3, 0.4) is 0 Å². The maximum absolute atomic E-state index is 11.9.